The number of rotatable bonds is 6. The van der Waals surface area contributed by atoms with Crippen molar-refractivity contribution < 1.29 is 14.3 Å². The van der Waals surface area contributed by atoms with Crippen LogP contribution in [0.3, 0.4) is 0 Å². The maximum absolute atomic E-state index is 11.9. The monoisotopic (exact) mass is 283 g/mol. The summed E-state index contributed by atoms with van der Waals surface area (Å²) in [5, 5.41) is 3.33. The second kappa shape index (κ2) is 7.79. The Hall–Kier alpha value is -1.55. The van der Waals surface area contributed by atoms with Gasteiger partial charge in [0, 0.05) is 23.6 Å². The molecule has 0 radical (unpaired) electrons. The van der Waals surface area contributed by atoms with Gasteiger partial charge in [-0.25, -0.2) is 0 Å². The lowest BCUT2D eigenvalue weighted by Gasteiger charge is -2.08. The zero-order valence-corrected chi connectivity index (χ0v) is 11.9. The molecular weight excluding hydrogens is 266 g/mol. The second-order valence-electron chi connectivity index (χ2n) is 4.08. The zero-order chi connectivity index (χ0) is 14.3. The van der Waals surface area contributed by atoms with Gasteiger partial charge in [0.05, 0.1) is 6.61 Å². The number of carbonyl (C=O) groups excluding carboxylic acids is 2. The molecule has 4 nitrogen and oxygen atoms in total. The predicted molar refractivity (Wildman–Crippen MR) is 74.4 cm³/mol. The van der Waals surface area contributed by atoms with Crippen LogP contribution in [0.25, 0.3) is 0 Å². The smallest absolute Gasteiger partial charge is 0.305 e. The SMILES string of the molecule is CCOC(=O)CCCNC(=O)c1cccc(Cl)c1C. The van der Waals surface area contributed by atoms with Crippen LogP contribution >= 0.6 is 11.6 Å². The first-order chi connectivity index (χ1) is 9.06. The Morgan fingerprint density at radius 1 is 1.37 bits per heavy atom. The van der Waals surface area contributed by atoms with Crippen molar-refractivity contribution in [2.45, 2.75) is 26.7 Å². The third kappa shape index (κ3) is 4.91. The van der Waals surface area contributed by atoms with Gasteiger partial charge in [0.2, 0.25) is 0 Å². The van der Waals surface area contributed by atoms with Crippen LogP contribution in [0.1, 0.15) is 35.7 Å². The van der Waals surface area contributed by atoms with E-state index in [1.54, 1.807) is 32.0 Å². The van der Waals surface area contributed by atoms with Crippen molar-refractivity contribution in [1.29, 1.82) is 0 Å². The van der Waals surface area contributed by atoms with Crippen LogP contribution in [0.2, 0.25) is 5.02 Å². The van der Waals surface area contributed by atoms with Gasteiger partial charge in [-0.15, -0.1) is 0 Å². The van der Waals surface area contributed by atoms with Crippen molar-refractivity contribution >= 4 is 23.5 Å². The van der Waals surface area contributed by atoms with E-state index in [-0.39, 0.29) is 11.9 Å². The van der Waals surface area contributed by atoms with E-state index < -0.39 is 0 Å². The summed E-state index contributed by atoms with van der Waals surface area (Å²) in [6.07, 6.45) is 0.868. The molecule has 104 valence electrons. The molecule has 0 saturated carbocycles. The minimum absolute atomic E-state index is 0.177. The highest BCUT2D eigenvalue weighted by Gasteiger charge is 2.10. The maximum Gasteiger partial charge on any atom is 0.305 e. The highest BCUT2D eigenvalue weighted by atomic mass is 35.5. The normalized spacial score (nSPS) is 10.1. The molecule has 0 aliphatic rings. The van der Waals surface area contributed by atoms with Crippen LogP contribution in [-0.2, 0) is 9.53 Å². The minimum Gasteiger partial charge on any atom is -0.466 e. The quantitative estimate of drug-likeness (QED) is 0.645. The largest absolute Gasteiger partial charge is 0.466 e. The predicted octanol–water partition coefficient (Wildman–Crippen LogP) is 2.72. The molecule has 5 heteroatoms. The van der Waals surface area contributed by atoms with E-state index in [0.29, 0.717) is 36.6 Å². The molecule has 0 bridgehead atoms. The lowest BCUT2D eigenvalue weighted by atomic mass is 10.1. The number of esters is 1. The van der Waals surface area contributed by atoms with Crippen LogP contribution in [0.4, 0.5) is 0 Å². The van der Waals surface area contributed by atoms with Crippen LogP contribution in [0.15, 0.2) is 18.2 Å². The average molecular weight is 284 g/mol. The average Bonchev–Trinajstić information content (AvgIpc) is 2.38. The molecule has 1 amide bonds. The fourth-order valence-electron chi connectivity index (χ4n) is 1.62. The third-order valence-electron chi connectivity index (χ3n) is 2.66. The van der Waals surface area contributed by atoms with Crippen LogP contribution in [0, 0.1) is 6.92 Å². The van der Waals surface area contributed by atoms with Gasteiger partial charge >= 0.3 is 5.97 Å². The van der Waals surface area contributed by atoms with Crippen LogP contribution in [-0.4, -0.2) is 25.0 Å². The number of carbonyl (C=O) groups is 2. The van der Waals surface area contributed by atoms with E-state index in [1.807, 2.05) is 0 Å². The molecule has 0 unspecified atom stereocenters. The Labute approximate surface area is 118 Å². The summed E-state index contributed by atoms with van der Waals surface area (Å²) in [6.45, 7) is 4.38. The van der Waals surface area contributed by atoms with Gasteiger partial charge in [-0.3, -0.25) is 9.59 Å². The number of benzene rings is 1. The van der Waals surface area contributed by atoms with E-state index in [1.165, 1.54) is 0 Å². The topological polar surface area (TPSA) is 55.4 Å². The number of hydrogen-bond acceptors (Lipinski definition) is 3. The summed E-state index contributed by atoms with van der Waals surface area (Å²) >= 11 is 5.95. The Morgan fingerprint density at radius 2 is 2.11 bits per heavy atom. The molecule has 0 aromatic heterocycles. The summed E-state index contributed by atoms with van der Waals surface area (Å²) in [7, 11) is 0. The molecule has 1 rings (SSSR count). The molecular formula is C14H18ClNO3. The molecule has 0 aliphatic carbocycles. The van der Waals surface area contributed by atoms with Gasteiger partial charge < -0.3 is 10.1 Å². The highest BCUT2D eigenvalue weighted by molar-refractivity contribution is 6.31. The molecule has 1 aromatic carbocycles. The van der Waals surface area contributed by atoms with Crippen molar-refractivity contribution in [3.63, 3.8) is 0 Å². The summed E-state index contributed by atoms with van der Waals surface area (Å²) in [5.74, 6) is -0.417. The van der Waals surface area contributed by atoms with E-state index in [9.17, 15) is 9.59 Å². The van der Waals surface area contributed by atoms with Crippen molar-refractivity contribution in [3.8, 4) is 0 Å². The van der Waals surface area contributed by atoms with E-state index in [0.717, 1.165) is 5.56 Å². The summed E-state index contributed by atoms with van der Waals surface area (Å²) in [5.41, 5.74) is 1.32. The number of halogens is 1. The first-order valence-electron chi connectivity index (χ1n) is 6.25. The highest BCUT2D eigenvalue weighted by Crippen LogP contribution is 2.18. The van der Waals surface area contributed by atoms with Gasteiger partial charge in [0.1, 0.15) is 0 Å². The van der Waals surface area contributed by atoms with Gasteiger partial charge in [0.15, 0.2) is 0 Å². The lowest BCUT2D eigenvalue weighted by Crippen LogP contribution is -2.25. The molecule has 19 heavy (non-hydrogen) atoms. The minimum atomic E-state index is -0.240. The van der Waals surface area contributed by atoms with Crippen LogP contribution < -0.4 is 5.32 Å². The first-order valence-corrected chi connectivity index (χ1v) is 6.63. The second-order valence-corrected chi connectivity index (χ2v) is 4.48. The maximum atomic E-state index is 11.9. The lowest BCUT2D eigenvalue weighted by molar-refractivity contribution is -0.143. The molecule has 1 N–H and O–H groups in total. The molecule has 1 aromatic rings. The standard InChI is InChI=1S/C14H18ClNO3/c1-3-19-13(17)8-5-9-16-14(18)11-6-4-7-12(15)10(11)2/h4,6-7H,3,5,8-9H2,1-2H3,(H,16,18). The summed E-state index contributed by atoms with van der Waals surface area (Å²) < 4.78 is 4.80. The molecule has 0 atom stereocenters. The Morgan fingerprint density at radius 3 is 2.79 bits per heavy atom. The molecule has 0 spiro atoms. The Balaban J connectivity index is 2.40. The van der Waals surface area contributed by atoms with Gasteiger partial charge in [-0.1, -0.05) is 17.7 Å². The van der Waals surface area contributed by atoms with Gasteiger partial charge in [0.25, 0.3) is 5.91 Å². The Kier molecular flexibility index (Phi) is 6.36. The van der Waals surface area contributed by atoms with Crippen molar-refractivity contribution in [3.05, 3.63) is 34.3 Å². The molecule has 0 aliphatic heterocycles. The van der Waals surface area contributed by atoms with Gasteiger partial charge in [-0.2, -0.15) is 0 Å². The number of ether oxygens (including phenoxy) is 1. The summed E-state index contributed by atoms with van der Waals surface area (Å²) in [6, 6.07) is 5.21. The third-order valence-corrected chi connectivity index (χ3v) is 3.07. The fraction of sp³-hybridized carbons (Fsp3) is 0.429. The molecule has 0 heterocycles. The number of hydrogen-bond donors (Lipinski definition) is 1. The fourth-order valence-corrected chi connectivity index (χ4v) is 1.79. The van der Waals surface area contributed by atoms with Crippen molar-refractivity contribution in [1.82, 2.24) is 5.32 Å². The number of nitrogens with one attached hydrogen (secondary N) is 1. The van der Waals surface area contributed by atoms with Crippen LogP contribution in [0.5, 0.6) is 0 Å². The summed E-state index contributed by atoms with van der Waals surface area (Å²) in [4.78, 5) is 23.0. The molecule has 0 fully saturated rings. The van der Waals surface area contributed by atoms with E-state index in [4.69, 9.17) is 16.3 Å². The van der Waals surface area contributed by atoms with Crippen molar-refractivity contribution in [2.75, 3.05) is 13.2 Å². The van der Waals surface area contributed by atoms with E-state index in [2.05, 4.69) is 5.32 Å². The van der Waals surface area contributed by atoms with Crippen molar-refractivity contribution in [2.24, 2.45) is 0 Å². The number of amides is 1. The molecule has 0 saturated heterocycles. The first kappa shape index (κ1) is 15.5. The van der Waals surface area contributed by atoms with Gasteiger partial charge in [-0.05, 0) is 38.0 Å². The Bertz CT molecular complexity index is 460. The zero-order valence-electron chi connectivity index (χ0n) is 11.2. The van der Waals surface area contributed by atoms with E-state index >= 15 is 0 Å².